The van der Waals surface area contributed by atoms with Gasteiger partial charge < -0.3 is 9.64 Å². The number of nitrogens with zero attached hydrogens (tertiary/aromatic N) is 2. The van der Waals surface area contributed by atoms with E-state index in [1.807, 2.05) is 0 Å². The maximum Gasteiger partial charge on any atom is 0.172 e. The maximum atomic E-state index is 11.4. The van der Waals surface area contributed by atoms with Crippen LogP contribution in [0.15, 0.2) is 0 Å². The van der Waals surface area contributed by atoms with Gasteiger partial charge in [0.05, 0.1) is 6.54 Å². The second-order valence-corrected chi connectivity index (χ2v) is 4.25. The average molecular weight is 214 g/mol. The fourth-order valence-electron chi connectivity index (χ4n) is 2.05. The fourth-order valence-corrected chi connectivity index (χ4v) is 2.05. The summed E-state index contributed by atoms with van der Waals surface area (Å²) in [5.41, 5.74) is 0. The van der Waals surface area contributed by atoms with Crippen LogP contribution in [-0.2, 0) is 9.53 Å². The van der Waals surface area contributed by atoms with Crippen LogP contribution in [0.1, 0.15) is 13.3 Å². The minimum Gasteiger partial charge on any atom is -0.377 e. The quantitative estimate of drug-likeness (QED) is 0.656. The number of hydrogen-bond acceptors (Lipinski definition) is 4. The molecule has 1 saturated heterocycles. The van der Waals surface area contributed by atoms with Gasteiger partial charge in [-0.1, -0.05) is 6.92 Å². The Balaban J connectivity index is 2.34. The molecule has 0 aromatic rings. The minimum atomic E-state index is 0.178. The van der Waals surface area contributed by atoms with Gasteiger partial charge in [0.1, 0.15) is 6.61 Å². The average Bonchev–Trinajstić information content (AvgIpc) is 2.21. The van der Waals surface area contributed by atoms with Crippen LogP contribution in [0.3, 0.4) is 0 Å². The molecule has 1 fully saturated rings. The monoisotopic (exact) mass is 214 g/mol. The summed E-state index contributed by atoms with van der Waals surface area (Å²) < 4.78 is 4.83. The van der Waals surface area contributed by atoms with E-state index >= 15 is 0 Å². The van der Waals surface area contributed by atoms with Crippen molar-refractivity contribution in [3.8, 4) is 0 Å². The van der Waals surface area contributed by atoms with E-state index < -0.39 is 0 Å². The first-order chi connectivity index (χ1) is 7.17. The summed E-state index contributed by atoms with van der Waals surface area (Å²) in [4.78, 5) is 16.0. The van der Waals surface area contributed by atoms with Crippen LogP contribution in [0.5, 0.6) is 0 Å². The molecule has 0 amide bonds. The van der Waals surface area contributed by atoms with Gasteiger partial charge in [0.25, 0.3) is 0 Å². The van der Waals surface area contributed by atoms with E-state index in [-0.39, 0.29) is 12.4 Å². The predicted molar refractivity (Wildman–Crippen MR) is 60.0 cm³/mol. The summed E-state index contributed by atoms with van der Waals surface area (Å²) in [5.74, 6) is 0.178. The SMILES string of the molecule is CCC1CN(CC(=O)COC)CCN1C. The first-order valence-electron chi connectivity index (χ1n) is 5.60. The molecule has 0 radical (unpaired) electrons. The van der Waals surface area contributed by atoms with Crippen molar-refractivity contribution in [1.29, 1.82) is 0 Å². The van der Waals surface area contributed by atoms with Gasteiger partial charge in [0.2, 0.25) is 0 Å². The molecule has 1 heterocycles. The van der Waals surface area contributed by atoms with Gasteiger partial charge in [-0.25, -0.2) is 0 Å². The Morgan fingerprint density at radius 1 is 1.47 bits per heavy atom. The molecule has 0 spiro atoms. The van der Waals surface area contributed by atoms with Crippen molar-refractivity contribution in [3.05, 3.63) is 0 Å². The number of likely N-dealkylation sites (N-methyl/N-ethyl adjacent to an activating group) is 1. The Morgan fingerprint density at radius 3 is 2.80 bits per heavy atom. The molecule has 0 saturated carbocycles. The fraction of sp³-hybridized carbons (Fsp3) is 0.909. The van der Waals surface area contributed by atoms with Crippen LogP contribution in [-0.4, -0.2) is 68.6 Å². The van der Waals surface area contributed by atoms with Crippen molar-refractivity contribution in [2.24, 2.45) is 0 Å². The molecule has 0 aromatic heterocycles. The molecule has 15 heavy (non-hydrogen) atoms. The Morgan fingerprint density at radius 2 is 2.20 bits per heavy atom. The number of carbonyl (C=O) groups excluding carboxylic acids is 1. The summed E-state index contributed by atoms with van der Waals surface area (Å²) in [7, 11) is 3.72. The third-order valence-corrected chi connectivity index (χ3v) is 3.04. The summed E-state index contributed by atoms with van der Waals surface area (Å²) in [6, 6.07) is 0.592. The molecule has 1 aliphatic heterocycles. The van der Waals surface area contributed by atoms with Crippen LogP contribution < -0.4 is 0 Å². The van der Waals surface area contributed by atoms with Crippen LogP contribution in [0, 0.1) is 0 Å². The number of rotatable bonds is 5. The Labute approximate surface area is 92.2 Å². The molecule has 0 aromatic carbocycles. The van der Waals surface area contributed by atoms with Crippen LogP contribution in [0.2, 0.25) is 0 Å². The number of piperazine rings is 1. The molecular formula is C11H22N2O2. The molecule has 1 atom stereocenters. The second kappa shape index (κ2) is 6.20. The minimum absolute atomic E-state index is 0.178. The maximum absolute atomic E-state index is 11.4. The molecule has 0 N–H and O–H groups in total. The molecule has 4 nitrogen and oxygen atoms in total. The van der Waals surface area contributed by atoms with Crippen LogP contribution >= 0.6 is 0 Å². The molecule has 1 aliphatic rings. The second-order valence-electron chi connectivity index (χ2n) is 4.25. The molecule has 1 rings (SSSR count). The van der Waals surface area contributed by atoms with Crippen LogP contribution in [0.4, 0.5) is 0 Å². The highest BCUT2D eigenvalue weighted by Gasteiger charge is 2.23. The normalized spacial score (nSPS) is 24.3. The number of methoxy groups -OCH3 is 1. The van der Waals surface area contributed by atoms with Gasteiger partial charge in [-0.05, 0) is 13.5 Å². The summed E-state index contributed by atoms with van der Waals surface area (Å²) in [6.45, 7) is 6.02. The first-order valence-corrected chi connectivity index (χ1v) is 5.60. The molecule has 88 valence electrons. The number of Topliss-reactive ketones (excluding diaryl/α,β-unsaturated/α-hetero) is 1. The smallest absolute Gasteiger partial charge is 0.172 e. The zero-order valence-corrected chi connectivity index (χ0v) is 10.0. The zero-order valence-electron chi connectivity index (χ0n) is 10.0. The highest BCUT2D eigenvalue weighted by atomic mass is 16.5. The van der Waals surface area contributed by atoms with Gasteiger partial charge in [0, 0.05) is 32.8 Å². The molecule has 0 aliphatic carbocycles. The van der Waals surface area contributed by atoms with E-state index in [0.717, 1.165) is 26.1 Å². The lowest BCUT2D eigenvalue weighted by atomic mass is 10.1. The first kappa shape index (κ1) is 12.6. The zero-order chi connectivity index (χ0) is 11.3. The summed E-state index contributed by atoms with van der Waals surface area (Å²) >= 11 is 0. The van der Waals surface area contributed by atoms with E-state index in [2.05, 4.69) is 23.8 Å². The van der Waals surface area contributed by atoms with Gasteiger partial charge in [-0.3, -0.25) is 9.69 Å². The van der Waals surface area contributed by atoms with Gasteiger partial charge >= 0.3 is 0 Å². The Kier molecular flexibility index (Phi) is 5.22. The van der Waals surface area contributed by atoms with Crippen molar-refractivity contribution in [3.63, 3.8) is 0 Å². The lowest BCUT2D eigenvalue weighted by Crippen LogP contribution is -2.52. The van der Waals surface area contributed by atoms with Crippen molar-refractivity contribution >= 4 is 5.78 Å². The molecule has 0 bridgehead atoms. The van der Waals surface area contributed by atoms with E-state index in [9.17, 15) is 4.79 Å². The summed E-state index contributed by atoms with van der Waals surface area (Å²) in [5, 5.41) is 0. The highest BCUT2D eigenvalue weighted by Crippen LogP contribution is 2.10. The Bertz CT molecular complexity index is 209. The lowest BCUT2D eigenvalue weighted by Gasteiger charge is -2.38. The van der Waals surface area contributed by atoms with Crippen molar-refractivity contribution in [2.45, 2.75) is 19.4 Å². The number of ether oxygens (including phenoxy) is 1. The van der Waals surface area contributed by atoms with E-state index in [1.54, 1.807) is 7.11 Å². The largest absolute Gasteiger partial charge is 0.377 e. The number of carbonyl (C=O) groups is 1. The number of hydrogen-bond donors (Lipinski definition) is 0. The van der Waals surface area contributed by atoms with Gasteiger partial charge in [0.15, 0.2) is 5.78 Å². The van der Waals surface area contributed by atoms with E-state index in [1.165, 1.54) is 0 Å². The van der Waals surface area contributed by atoms with Crippen LogP contribution in [0.25, 0.3) is 0 Å². The topological polar surface area (TPSA) is 32.8 Å². The summed E-state index contributed by atoms with van der Waals surface area (Å²) in [6.07, 6.45) is 1.14. The van der Waals surface area contributed by atoms with E-state index in [0.29, 0.717) is 12.6 Å². The Hall–Kier alpha value is -0.450. The third kappa shape index (κ3) is 3.89. The predicted octanol–water partition coefficient (Wildman–Crippen LogP) is 0.228. The molecular weight excluding hydrogens is 192 g/mol. The third-order valence-electron chi connectivity index (χ3n) is 3.04. The van der Waals surface area contributed by atoms with Crippen molar-refractivity contribution in [1.82, 2.24) is 9.80 Å². The standard InChI is InChI=1S/C11H22N2O2/c1-4-10-7-13(6-5-12(10)2)8-11(14)9-15-3/h10H,4-9H2,1-3H3. The van der Waals surface area contributed by atoms with E-state index in [4.69, 9.17) is 4.74 Å². The highest BCUT2D eigenvalue weighted by molar-refractivity contribution is 5.81. The molecule has 1 unspecified atom stereocenters. The lowest BCUT2D eigenvalue weighted by molar-refractivity contribution is -0.124. The van der Waals surface area contributed by atoms with Crippen molar-refractivity contribution < 1.29 is 9.53 Å². The number of ketones is 1. The van der Waals surface area contributed by atoms with Crippen molar-refractivity contribution in [2.75, 3.05) is 46.9 Å². The van der Waals surface area contributed by atoms with Gasteiger partial charge in [-0.2, -0.15) is 0 Å². The molecule has 4 heteroatoms. The van der Waals surface area contributed by atoms with Gasteiger partial charge in [-0.15, -0.1) is 0 Å².